The largest absolute Gasteiger partial charge is 0.481 e. The van der Waals surface area contributed by atoms with Gasteiger partial charge in [0.1, 0.15) is 5.82 Å². The Kier molecular flexibility index (Phi) is 3.99. The summed E-state index contributed by atoms with van der Waals surface area (Å²) in [4.78, 5) is 21.9. The molecule has 16 heavy (non-hydrogen) atoms. The Morgan fingerprint density at radius 2 is 2.06 bits per heavy atom. The van der Waals surface area contributed by atoms with Gasteiger partial charge in [0.15, 0.2) is 0 Å². The van der Waals surface area contributed by atoms with Crippen LogP contribution in [0.1, 0.15) is 17.3 Å². The highest BCUT2D eigenvalue weighted by Crippen LogP contribution is 2.06. The number of carbonyl (C=O) groups is 2. The minimum absolute atomic E-state index is 0.0253. The average Bonchev–Trinajstić information content (AvgIpc) is 2.25. The van der Waals surface area contributed by atoms with Crippen molar-refractivity contribution in [1.82, 2.24) is 5.32 Å². The third kappa shape index (κ3) is 3.05. The van der Waals surface area contributed by atoms with Gasteiger partial charge in [-0.3, -0.25) is 9.59 Å². The summed E-state index contributed by atoms with van der Waals surface area (Å²) in [5.41, 5.74) is -0.0833. The van der Waals surface area contributed by atoms with Gasteiger partial charge in [-0.05, 0) is 12.1 Å². The second-order valence-corrected chi connectivity index (χ2v) is 3.43. The number of hydrogen-bond donors (Lipinski definition) is 2. The molecule has 0 saturated heterocycles. The maximum absolute atomic E-state index is 13.1. The molecule has 0 heterocycles. The Morgan fingerprint density at radius 3 is 2.62 bits per heavy atom. The van der Waals surface area contributed by atoms with E-state index >= 15 is 0 Å². The van der Waals surface area contributed by atoms with Crippen LogP contribution in [-0.2, 0) is 4.79 Å². The van der Waals surface area contributed by atoms with E-state index in [1.165, 1.54) is 25.1 Å². The summed E-state index contributed by atoms with van der Waals surface area (Å²) in [5.74, 6) is -2.93. The Labute approximate surface area is 92.1 Å². The van der Waals surface area contributed by atoms with Gasteiger partial charge in [-0.2, -0.15) is 0 Å². The molecule has 5 heteroatoms. The average molecular weight is 225 g/mol. The smallest absolute Gasteiger partial charge is 0.308 e. The monoisotopic (exact) mass is 225 g/mol. The van der Waals surface area contributed by atoms with E-state index in [9.17, 15) is 14.0 Å². The lowest BCUT2D eigenvalue weighted by atomic mass is 10.1. The highest BCUT2D eigenvalue weighted by atomic mass is 19.1. The minimum atomic E-state index is -1.01. The number of aliphatic carboxylic acids is 1. The number of hydrogen-bond acceptors (Lipinski definition) is 2. The van der Waals surface area contributed by atoms with Gasteiger partial charge >= 0.3 is 5.97 Å². The Hall–Kier alpha value is -1.91. The van der Waals surface area contributed by atoms with E-state index in [2.05, 4.69) is 5.32 Å². The third-order valence-electron chi connectivity index (χ3n) is 2.11. The fraction of sp³-hybridized carbons (Fsp3) is 0.273. The minimum Gasteiger partial charge on any atom is -0.481 e. The van der Waals surface area contributed by atoms with Crippen molar-refractivity contribution in [2.75, 3.05) is 6.54 Å². The zero-order chi connectivity index (χ0) is 12.1. The quantitative estimate of drug-likeness (QED) is 0.811. The summed E-state index contributed by atoms with van der Waals surface area (Å²) < 4.78 is 13.1. The fourth-order valence-electron chi connectivity index (χ4n) is 1.07. The molecule has 1 aromatic carbocycles. The standard InChI is InChI=1S/C11H12FNO3/c1-7(11(15)16)6-13-10(14)8-4-2-3-5-9(8)12/h2-5,7H,6H2,1H3,(H,13,14)(H,15,16). The van der Waals surface area contributed by atoms with E-state index in [4.69, 9.17) is 5.11 Å². The van der Waals surface area contributed by atoms with Crippen molar-refractivity contribution < 1.29 is 19.1 Å². The zero-order valence-corrected chi connectivity index (χ0v) is 8.74. The van der Waals surface area contributed by atoms with E-state index < -0.39 is 23.6 Å². The van der Waals surface area contributed by atoms with E-state index in [-0.39, 0.29) is 12.1 Å². The first kappa shape index (κ1) is 12.2. The molecular weight excluding hydrogens is 213 g/mol. The lowest BCUT2D eigenvalue weighted by Crippen LogP contribution is -2.31. The number of amides is 1. The maximum atomic E-state index is 13.1. The summed E-state index contributed by atoms with van der Waals surface area (Å²) in [6, 6.07) is 5.54. The Balaban J connectivity index is 2.60. The van der Waals surface area contributed by atoms with Crippen LogP contribution in [0.2, 0.25) is 0 Å². The molecule has 0 aromatic heterocycles. The number of rotatable bonds is 4. The number of halogens is 1. The van der Waals surface area contributed by atoms with Crippen LogP contribution in [-0.4, -0.2) is 23.5 Å². The summed E-state index contributed by atoms with van der Waals surface area (Å²) in [6.45, 7) is 1.44. The third-order valence-corrected chi connectivity index (χ3v) is 2.11. The van der Waals surface area contributed by atoms with Gasteiger partial charge in [0.2, 0.25) is 0 Å². The van der Waals surface area contributed by atoms with Crippen molar-refractivity contribution in [3.63, 3.8) is 0 Å². The van der Waals surface area contributed by atoms with E-state index in [0.717, 1.165) is 0 Å². The molecule has 1 aromatic rings. The van der Waals surface area contributed by atoms with Gasteiger partial charge in [-0.15, -0.1) is 0 Å². The van der Waals surface area contributed by atoms with Gasteiger partial charge in [0.25, 0.3) is 5.91 Å². The number of nitrogens with one attached hydrogen (secondary N) is 1. The molecule has 1 unspecified atom stereocenters. The Morgan fingerprint density at radius 1 is 1.44 bits per heavy atom. The van der Waals surface area contributed by atoms with Crippen LogP contribution in [0.15, 0.2) is 24.3 Å². The summed E-state index contributed by atoms with van der Waals surface area (Å²) in [5, 5.41) is 11.0. The molecule has 0 aliphatic carbocycles. The molecule has 0 aliphatic rings. The molecule has 0 radical (unpaired) electrons. The fourth-order valence-corrected chi connectivity index (χ4v) is 1.07. The number of benzene rings is 1. The van der Waals surface area contributed by atoms with Crippen LogP contribution in [0.3, 0.4) is 0 Å². The van der Waals surface area contributed by atoms with Crippen LogP contribution < -0.4 is 5.32 Å². The van der Waals surface area contributed by atoms with Crippen LogP contribution in [0.5, 0.6) is 0 Å². The first-order valence-corrected chi connectivity index (χ1v) is 4.78. The summed E-state index contributed by atoms with van der Waals surface area (Å²) in [6.07, 6.45) is 0. The van der Waals surface area contributed by atoms with Crippen molar-refractivity contribution in [3.8, 4) is 0 Å². The van der Waals surface area contributed by atoms with Gasteiger partial charge < -0.3 is 10.4 Å². The molecule has 4 nitrogen and oxygen atoms in total. The van der Waals surface area contributed by atoms with Crippen molar-refractivity contribution in [3.05, 3.63) is 35.6 Å². The predicted molar refractivity (Wildman–Crippen MR) is 55.5 cm³/mol. The van der Waals surface area contributed by atoms with Crippen LogP contribution in [0.4, 0.5) is 4.39 Å². The lowest BCUT2D eigenvalue weighted by molar-refractivity contribution is -0.140. The second kappa shape index (κ2) is 5.25. The molecule has 86 valence electrons. The summed E-state index contributed by atoms with van der Waals surface area (Å²) >= 11 is 0. The highest BCUT2D eigenvalue weighted by Gasteiger charge is 2.14. The molecule has 0 spiro atoms. The van der Waals surface area contributed by atoms with Gasteiger partial charge in [0.05, 0.1) is 11.5 Å². The van der Waals surface area contributed by atoms with Gasteiger partial charge in [-0.25, -0.2) is 4.39 Å². The van der Waals surface area contributed by atoms with Gasteiger partial charge in [0, 0.05) is 6.54 Å². The van der Waals surface area contributed by atoms with Crippen LogP contribution in [0, 0.1) is 11.7 Å². The molecule has 0 bridgehead atoms. The van der Waals surface area contributed by atoms with E-state index in [1.807, 2.05) is 0 Å². The molecule has 0 fully saturated rings. The second-order valence-electron chi connectivity index (χ2n) is 3.43. The predicted octanol–water partition coefficient (Wildman–Crippen LogP) is 1.28. The normalized spacial score (nSPS) is 11.9. The van der Waals surface area contributed by atoms with E-state index in [1.54, 1.807) is 6.07 Å². The van der Waals surface area contributed by atoms with Crippen molar-refractivity contribution in [2.45, 2.75) is 6.92 Å². The number of carbonyl (C=O) groups excluding carboxylic acids is 1. The molecule has 2 N–H and O–H groups in total. The molecule has 0 saturated carbocycles. The molecule has 0 aliphatic heterocycles. The summed E-state index contributed by atoms with van der Waals surface area (Å²) in [7, 11) is 0. The number of carboxylic acid groups (broad SMARTS) is 1. The number of carboxylic acids is 1. The molecular formula is C11H12FNO3. The van der Waals surface area contributed by atoms with E-state index in [0.29, 0.717) is 0 Å². The SMILES string of the molecule is CC(CNC(=O)c1ccccc1F)C(=O)O. The molecule has 1 amide bonds. The van der Waals surface area contributed by atoms with Gasteiger partial charge in [-0.1, -0.05) is 19.1 Å². The highest BCUT2D eigenvalue weighted by molar-refractivity contribution is 5.94. The molecule has 1 rings (SSSR count). The van der Waals surface area contributed by atoms with Crippen molar-refractivity contribution in [2.24, 2.45) is 5.92 Å². The van der Waals surface area contributed by atoms with Crippen LogP contribution >= 0.6 is 0 Å². The molecule has 1 atom stereocenters. The van der Waals surface area contributed by atoms with Crippen molar-refractivity contribution >= 4 is 11.9 Å². The van der Waals surface area contributed by atoms with Crippen molar-refractivity contribution in [1.29, 1.82) is 0 Å². The maximum Gasteiger partial charge on any atom is 0.308 e. The lowest BCUT2D eigenvalue weighted by Gasteiger charge is -2.08. The first-order chi connectivity index (χ1) is 7.52. The van der Waals surface area contributed by atoms with Crippen LogP contribution in [0.25, 0.3) is 0 Å². The zero-order valence-electron chi connectivity index (χ0n) is 8.74. The first-order valence-electron chi connectivity index (χ1n) is 4.78. The Bertz CT molecular complexity index is 406. The topological polar surface area (TPSA) is 66.4 Å².